The molecular formula is C16H30N4. The largest absolute Gasteiger partial charge is 0.354 e. The van der Waals surface area contributed by atoms with Crippen LogP contribution in [0.25, 0.3) is 0 Å². The van der Waals surface area contributed by atoms with Crippen LogP contribution in [-0.4, -0.2) is 28.4 Å². The molecule has 114 valence electrons. The first kappa shape index (κ1) is 15.4. The van der Waals surface area contributed by atoms with E-state index in [1.54, 1.807) is 0 Å². The van der Waals surface area contributed by atoms with Crippen LogP contribution in [0.5, 0.6) is 0 Å². The zero-order valence-electron chi connectivity index (χ0n) is 13.9. The lowest BCUT2D eigenvalue weighted by Crippen LogP contribution is -2.44. The molecule has 1 aliphatic rings. The molecule has 1 saturated heterocycles. The standard InChI is InChI=1S/C16H30N4/c1-11(2)17-10-15-13(4)18-19(6)16(15)20-9-7-8-12(3)14(20)5/h11-12,14,17H,7-10H2,1-6H3. The molecule has 0 spiro atoms. The van der Waals surface area contributed by atoms with Crippen molar-refractivity contribution in [2.45, 2.75) is 66.1 Å². The van der Waals surface area contributed by atoms with Gasteiger partial charge in [-0.05, 0) is 32.6 Å². The molecule has 2 unspecified atom stereocenters. The minimum atomic E-state index is 0.500. The third-order valence-corrected chi connectivity index (χ3v) is 4.65. The maximum Gasteiger partial charge on any atom is 0.131 e. The highest BCUT2D eigenvalue weighted by atomic mass is 15.4. The number of anilines is 1. The average molecular weight is 278 g/mol. The summed E-state index contributed by atoms with van der Waals surface area (Å²) in [4.78, 5) is 2.56. The number of aromatic nitrogens is 2. The van der Waals surface area contributed by atoms with Crippen LogP contribution < -0.4 is 10.2 Å². The Morgan fingerprint density at radius 3 is 2.70 bits per heavy atom. The number of hydrogen-bond acceptors (Lipinski definition) is 3. The number of nitrogens with zero attached hydrogens (tertiary/aromatic N) is 3. The van der Waals surface area contributed by atoms with Crippen LogP contribution in [0.1, 0.15) is 51.8 Å². The minimum absolute atomic E-state index is 0.500. The van der Waals surface area contributed by atoms with E-state index >= 15 is 0 Å². The zero-order valence-corrected chi connectivity index (χ0v) is 13.9. The third-order valence-electron chi connectivity index (χ3n) is 4.65. The van der Waals surface area contributed by atoms with E-state index in [0.29, 0.717) is 12.1 Å². The molecule has 0 bridgehead atoms. The highest BCUT2D eigenvalue weighted by molar-refractivity contribution is 5.51. The van der Waals surface area contributed by atoms with Gasteiger partial charge >= 0.3 is 0 Å². The molecule has 1 aliphatic heterocycles. The minimum Gasteiger partial charge on any atom is -0.354 e. The van der Waals surface area contributed by atoms with E-state index in [4.69, 9.17) is 0 Å². The van der Waals surface area contributed by atoms with E-state index in [1.165, 1.54) is 24.2 Å². The lowest BCUT2D eigenvalue weighted by atomic mass is 9.92. The fourth-order valence-electron chi connectivity index (χ4n) is 3.20. The highest BCUT2D eigenvalue weighted by Crippen LogP contribution is 2.31. The van der Waals surface area contributed by atoms with Gasteiger partial charge in [-0.3, -0.25) is 4.68 Å². The third kappa shape index (κ3) is 3.00. The summed E-state index contributed by atoms with van der Waals surface area (Å²) >= 11 is 0. The Balaban J connectivity index is 2.29. The number of piperidine rings is 1. The second kappa shape index (κ2) is 6.17. The zero-order chi connectivity index (χ0) is 14.9. The second-order valence-corrected chi connectivity index (χ2v) is 6.60. The van der Waals surface area contributed by atoms with Crippen molar-refractivity contribution in [1.82, 2.24) is 15.1 Å². The normalized spacial score (nSPS) is 23.6. The van der Waals surface area contributed by atoms with Gasteiger partial charge in [0.25, 0.3) is 0 Å². The monoisotopic (exact) mass is 278 g/mol. The molecule has 1 N–H and O–H groups in total. The van der Waals surface area contributed by atoms with E-state index in [-0.39, 0.29) is 0 Å². The molecule has 1 aromatic rings. The van der Waals surface area contributed by atoms with Crippen molar-refractivity contribution in [2.24, 2.45) is 13.0 Å². The smallest absolute Gasteiger partial charge is 0.131 e. The molecule has 0 saturated carbocycles. The lowest BCUT2D eigenvalue weighted by Gasteiger charge is -2.40. The van der Waals surface area contributed by atoms with Crippen LogP contribution in [0.15, 0.2) is 0 Å². The first-order valence-corrected chi connectivity index (χ1v) is 7.94. The van der Waals surface area contributed by atoms with Crippen molar-refractivity contribution in [3.8, 4) is 0 Å². The maximum absolute atomic E-state index is 4.66. The molecule has 1 fully saturated rings. The second-order valence-electron chi connectivity index (χ2n) is 6.60. The van der Waals surface area contributed by atoms with Gasteiger partial charge < -0.3 is 10.2 Å². The van der Waals surface area contributed by atoms with E-state index in [2.05, 4.69) is 61.7 Å². The number of aryl methyl sites for hydroxylation is 2. The van der Waals surface area contributed by atoms with Crippen LogP contribution in [0.3, 0.4) is 0 Å². The van der Waals surface area contributed by atoms with Gasteiger partial charge in [0.15, 0.2) is 0 Å². The number of hydrogen-bond donors (Lipinski definition) is 1. The van der Waals surface area contributed by atoms with Crippen molar-refractivity contribution in [2.75, 3.05) is 11.4 Å². The van der Waals surface area contributed by atoms with Gasteiger partial charge in [0.1, 0.15) is 5.82 Å². The van der Waals surface area contributed by atoms with E-state index < -0.39 is 0 Å². The molecule has 2 rings (SSSR count). The topological polar surface area (TPSA) is 33.1 Å². The van der Waals surface area contributed by atoms with Crippen molar-refractivity contribution in [3.63, 3.8) is 0 Å². The molecular weight excluding hydrogens is 248 g/mol. The maximum atomic E-state index is 4.66. The Morgan fingerprint density at radius 2 is 2.05 bits per heavy atom. The first-order chi connectivity index (χ1) is 9.41. The fraction of sp³-hybridized carbons (Fsp3) is 0.812. The van der Waals surface area contributed by atoms with Gasteiger partial charge in [0, 0.05) is 37.8 Å². The molecule has 4 heteroatoms. The van der Waals surface area contributed by atoms with Gasteiger partial charge in [-0.15, -0.1) is 0 Å². The predicted molar refractivity (Wildman–Crippen MR) is 85.1 cm³/mol. The van der Waals surface area contributed by atoms with Crippen molar-refractivity contribution >= 4 is 5.82 Å². The molecule has 20 heavy (non-hydrogen) atoms. The van der Waals surface area contributed by atoms with Crippen LogP contribution >= 0.6 is 0 Å². The Kier molecular flexibility index (Phi) is 4.74. The summed E-state index contributed by atoms with van der Waals surface area (Å²) in [5, 5.41) is 8.20. The molecule has 0 amide bonds. The number of nitrogens with one attached hydrogen (secondary N) is 1. The summed E-state index contributed by atoms with van der Waals surface area (Å²) in [6.07, 6.45) is 2.63. The van der Waals surface area contributed by atoms with Crippen LogP contribution in [0.4, 0.5) is 5.82 Å². The van der Waals surface area contributed by atoms with Gasteiger partial charge in [-0.2, -0.15) is 5.10 Å². The van der Waals surface area contributed by atoms with Crippen molar-refractivity contribution in [1.29, 1.82) is 0 Å². The summed E-state index contributed by atoms with van der Waals surface area (Å²) in [7, 11) is 2.08. The lowest BCUT2D eigenvalue weighted by molar-refractivity contribution is 0.357. The Labute approximate surface area is 123 Å². The Morgan fingerprint density at radius 1 is 1.35 bits per heavy atom. The molecule has 2 heterocycles. The fourth-order valence-corrected chi connectivity index (χ4v) is 3.20. The summed E-state index contributed by atoms with van der Waals surface area (Å²) in [5.41, 5.74) is 2.52. The molecule has 0 aromatic carbocycles. The molecule has 2 atom stereocenters. The first-order valence-electron chi connectivity index (χ1n) is 7.94. The van der Waals surface area contributed by atoms with E-state index in [1.807, 2.05) is 0 Å². The van der Waals surface area contributed by atoms with Crippen molar-refractivity contribution < 1.29 is 0 Å². The van der Waals surface area contributed by atoms with Crippen LogP contribution in [0.2, 0.25) is 0 Å². The predicted octanol–water partition coefficient (Wildman–Crippen LogP) is 2.85. The molecule has 1 aromatic heterocycles. The van der Waals surface area contributed by atoms with Crippen LogP contribution in [-0.2, 0) is 13.6 Å². The average Bonchev–Trinajstić information content (AvgIpc) is 2.65. The Hall–Kier alpha value is -1.03. The van der Waals surface area contributed by atoms with Crippen LogP contribution in [0, 0.1) is 12.8 Å². The Bertz CT molecular complexity index is 450. The van der Waals surface area contributed by atoms with E-state index in [9.17, 15) is 0 Å². The van der Waals surface area contributed by atoms with Gasteiger partial charge in [0.2, 0.25) is 0 Å². The van der Waals surface area contributed by atoms with Crippen molar-refractivity contribution in [3.05, 3.63) is 11.3 Å². The molecule has 4 nitrogen and oxygen atoms in total. The summed E-state index contributed by atoms with van der Waals surface area (Å²) in [5.74, 6) is 2.07. The van der Waals surface area contributed by atoms with Gasteiger partial charge in [-0.1, -0.05) is 20.8 Å². The number of rotatable bonds is 4. The molecule has 0 aliphatic carbocycles. The summed E-state index contributed by atoms with van der Waals surface area (Å²) in [6, 6.07) is 1.09. The summed E-state index contributed by atoms with van der Waals surface area (Å²) < 4.78 is 2.07. The van der Waals surface area contributed by atoms with E-state index in [0.717, 1.165) is 24.7 Å². The SMILES string of the molecule is Cc1nn(C)c(N2CCCC(C)C2C)c1CNC(C)C. The quantitative estimate of drug-likeness (QED) is 0.919. The van der Waals surface area contributed by atoms with Gasteiger partial charge in [-0.25, -0.2) is 0 Å². The van der Waals surface area contributed by atoms with Gasteiger partial charge in [0.05, 0.1) is 5.69 Å². The molecule has 0 radical (unpaired) electrons. The highest BCUT2D eigenvalue weighted by Gasteiger charge is 2.29. The summed E-state index contributed by atoms with van der Waals surface area (Å²) in [6.45, 7) is 13.3.